The largest absolute Gasteiger partial charge is 0.262 e. The van der Waals surface area contributed by atoms with E-state index in [9.17, 15) is 0 Å². The third-order valence-electron chi connectivity index (χ3n) is 9.33. The average Bonchev–Trinajstić information content (AvgIpc) is 3.47. The third-order valence-corrected chi connectivity index (χ3v) is 10.5. The van der Waals surface area contributed by atoms with Gasteiger partial charge in [-0.05, 0) is 122 Å². The van der Waals surface area contributed by atoms with Gasteiger partial charge in [-0.1, -0.05) is 91.0 Å². The maximum Gasteiger partial charge on any atom is 0.0378 e. The second kappa shape index (κ2) is 11.0. The zero-order valence-corrected chi connectivity index (χ0v) is 27.0. The van der Waals surface area contributed by atoms with Crippen LogP contribution in [0.4, 0.5) is 0 Å². The molecule has 0 bridgehead atoms. The lowest BCUT2D eigenvalue weighted by Gasteiger charge is -2.18. The molecule has 3 heterocycles. The quantitative estimate of drug-likeness (QED) is 0.183. The summed E-state index contributed by atoms with van der Waals surface area (Å²) in [7, 11) is 0. The highest BCUT2D eigenvalue weighted by Crippen LogP contribution is 2.47. The molecule has 0 saturated carbocycles. The second-order valence-electron chi connectivity index (χ2n) is 12.3. The Bertz CT molecular complexity index is 2630. The molecule has 0 amide bonds. The van der Waals surface area contributed by atoms with Gasteiger partial charge >= 0.3 is 0 Å². The first-order chi connectivity index (χ1) is 23.1. The summed E-state index contributed by atoms with van der Waals surface area (Å²) < 4.78 is 2.63. The number of hydrogen-bond acceptors (Lipinski definition) is 3. The number of thiophene rings is 1. The smallest absolute Gasteiger partial charge is 0.0378 e. The minimum Gasteiger partial charge on any atom is -0.262 e. The Labute approximate surface area is 277 Å². The van der Waals surface area contributed by atoms with Gasteiger partial charge in [-0.2, -0.15) is 0 Å². The Hall–Kier alpha value is -5.64. The summed E-state index contributed by atoms with van der Waals surface area (Å²) in [4.78, 5) is 8.79. The van der Waals surface area contributed by atoms with Crippen LogP contribution in [0.2, 0.25) is 0 Å². The van der Waals surface area contributed by atoms with Crippen LogP contribution in [-0.4, -0.2) is 9.97 Å². The number of fused-ring (bicyclic) bond motifs is 5. The van der Waals surface area contributed by atoms with Gasteiger partial charge in [0.25, 0.3) is 0 Å². The molecule has 0 aliphatic heterocycles. The van der Waals surface area contributed by atoms with Gasteiger partial charge in [0.1, 0.15) is 0 Å². The summed E-state index contributed by atoms with van der Waals surface area (Å²) >= 11 is 1.88. The Morgan fingerprint density at radius 2 is 0.830 bits per heavy atom. The molecule has 3 aromatic heterocycles. The van der Waals surface area contributed by atoms with E-state index in [2.05, 4.69) is 143 Å². The second-order valence-corrected chi connectivity index (χ2v) is 13.4. The van der Waals surface area contributed by atoms with Crippen LogP contribution in [0.3, 0.4) is 0 Å². The van der Waals surface area contributed by atoms with Gasteiger partial charge in [0.05, 0.1) is 0 Å². The lowest BCUT2D eigenvalue weighted by Crippen LogP contribution is -1.91. The molecular formula is C44H30N2S. The molecule has 0 unspecified atom stereocenters. The first kappa shape index (κ1) is 27.7. The highest BCUT2D eigenvalue weighted by Gasteiger charge is 2.19. The maximum atomic E-state index is 4.40. The van der Waals surface area contributed by atoms with Crippen LogP contribution in [0.15, 0.2) is 146 Å². The molecule has 0 atom stereocenters. The molecule has 0 N–H and O–H groups in total. The SMILES string of the molecule is Cc1cc(-c2ccc(-c3c4ccccc4c(-c4ccc(-c5ccnc(C)c5)cc4)c4cc5c(cc34)sc3ccccc35)cc2)ccn1. The van der Waals surface area contributed by atoms with Crippen molar-refractivity contribution in [2.75, 3.05) is 0 Å². The molecule has 0 aliphatic carbocycles. The molecule has 2 nitrogen and oxygen atoms in total. The van der Waals surface area contributed by atoms with Gasteiger partial charge in [-0.15, -0.1) is 11.3 Å². The maximum absolute atomic E-state index is 4.40. The Kier molecular flexibility index (Phi) is 6.48. The van der Waals surface area contributed by atoms with Crippen LogP contribution in [-0.2, 0) is 0 Å². The molecule has 0 fully saturated rings. The van der Waals surface area contributed by atoms with Crippen molar-refractivity contribution in [3.8, 4) is 44.5 Å². The van der Waals surface area contributed by atoms with Crippen molar-refractivity contribution < 1.29 is 0 Å². The van der Waals surface area contributed by atoms with Crippen LogP contribution in [0.25, 0.3) is 86.2 Å². The van der Waals surface area contributed by atoms with E-state index < -0.39 is 0 Å². The van der Waals surface area contributed by atoms with Gasteiger partial charge in [0.15, 0.2) is 0 Å². The highest BCUT2D eigenvalue weighted by molar-refractivity contribution is 7.25. The van der Waals surface area contributed by atoms with Crippen LogP contribution in [0, 0.1) is 13.8 Å². The van der Waals surface area contributed by atoms with E-state index >= 15 is 0 Å². The lowest BCUT2D eigenvalue weighted by atomic mass is 9.85. The zero-order valence-electron chi connectivity index (χ0n) is 26.2. The van der Waals surface area contributed by atoms with Crippen LogP contribution < -0.4 is 0 Å². The minimum absolute atomic E-state index is 1.02. The molecule has 3 heteroatoms. The first-order valence-corrected chi connectivity index (χ1v) is 16.8. The van der Waals surface area contributed by atoms with Crippen LogP contribution >= 0.6 is 11.3 Å². The number of nitrogens with zero attached hydrogens (tertiary/aromatic N) is 2. The van der Waals surface area contributed by atoms with E-state index in [0.29, 0.717) is 0 Å². The van der Waals surface area contributed by atoms with E-state index in [0.717, 1.165) is 11.4 Å². The van der Waals surface area contributed by atoms with E-state index in [1.165, 1.54) is 86.2 Å². The normalized spacial score (nSPS) is 11.6. The van der Waals surface area contributed by atoms with Gasteiger partial charge in [-0.3, -0.25) is 9.97 Å². The minimum atomic E-state index is 1.02. The Balaban J connectivity index is 1.32. The molecule has 0 aliphatic rings. The molecule has 9 rings (SSSR count). The molecule has 6 aromatic carbocycles. The van der Waals surface area contributed by atoms with Crippen molar-refractivity contribution in [1.29, 1.82) is 0 Å². The first-order valence-electron chi connectivity index (χ1n) is 16.0. The molecule has 222 valence electrons. The summed E-state index contributed by atoms with van der Waals surface area (Å²) in [5.41, 5.74) is 11.8. The number of aromatic nitrogens is 2. The number of rotatable bonds is 4. The third kappa shape index (κ3) is 4.70. The summed E-state index contributed by atoms with van der Waals surface area (Å²) in [6.07, 6.45) is 3.78. The van der Waals surface area contributed by atoms with Gasteiger partial charge in [0.2, 0.25) is 0 Å². The van der Waals surface area contributed by atoms with Gasteiger partial charge in [0, 0.05) is 44.0 Å². The van der Waals surface area contributed by atoms with Crippen molar-refractivity contribution in [2.45, 2.75) is 13.8 Å². The molecule has 0 radical (unpaired) electrons. The number of hydrogen-bond donors (Lipinski definition) is 0. The van der Waals surface area contributed by atoms with E-state index in [4.69, 9.17) is 0 Å². The predicted molar refractivity (Wildman–Crippen MR) is 201 cm³/mol. The summed E-state index contributed by atoms with van der Waals surface area (Å²) in [5.74, 6) is 0. The zero-order chi connectivity index (χ0) is 31.5. The number of benzene rings is 6. The highest BCUT2D eigenvalue weighted by atomic mass is 32.1. The fraction of sp³-hybridized carbons (Fsp3) is 0.0455. The van der Waals surface area contributed by atoms with E-state index in [1.807, 2.05) is 37.6 Å². The Morgan fingerprint density at radius 1 is 0.362 bits per heavy atom. The van der Waals surface area contributed by atoms with Crippen molar-refractivity contribution in [3.05, 3.63) is 157 Å². The molecule has 0 spiro atoms. The Morgan fingerprint density at radius 3 is 1.36 bits per heavy atom. The standard InChI is InChI=1S/C44H30N2S/c1-27-23-33(19-21-45-27)29-11-15-31(16-12-29)43-36-8-3-4-9-37(36)44(32-17-13-30(14-18-32)34-20-22-46-28(2)24-34)40-26-42-38(25-39(40)43)35-7-5-6-10-41(35)47-42/h3-26H,1-2H3. The molecular weight excluding hydrogens is 589 g/mol. The molecule has 9 aromatic rings. The lowest BCUT2D eigenvalue weighted by molar-refractivity contribution is 1.20. The van der Waals surface area contributed by atoms with E-state index in [-0.39, 0.29) is 0 Å². The summed E-state index contributed by atoms with van der Waals surface area (Å²) in [6.45, 7) is 4.08. The predicted octanol–water partition coefficient (Wildman–Crippen LogP) is 12.4. The van der Waals surface area contributed by atoms with Crippen molar-refractivity contribution in [3.63, 3.8) is 0 Å². The molecule has 0 saturated heterocycles. The number of aryl methyl sites for hydroxylation is 2. The van der Waals surface area contributed by atoms with Gasteiger partial charge < -0.3 is 0 Å². The van der Waals surface area contributed by atoms with Crippen molar-refractivity contribution in [2.24, 2.45) is 0 Å². The topological polar surface area (TPSA) is 25.8 Å². The monoisotopic (exact) mass is 618 g/mol. The fourth-order valence-corrected chi connectivity index (χ4v) is 8.25. The molecule has 47 heavy (non-hydrogen) atoms. The van der Waals surface area contributed by atoms with Crippen molar-refractivity contribution in [1.82, 2.24) is 9.97 Å². The summed E-state index contributed by atoms with van der Waals surface area (Å²) in [6, 6.07) is 49.2. The number of pyridine rings is 2. The summed E-state index contributed by atoms with van der Waals surface area (Å²) in [5, 5.41) is 7.70. The van der Waals surface area contributed by atoms with Crippen LogP contribution in [0.1, 0.15) is 11.4 Å². The van der Waals surface area contributed by atoms with E-state index in [1.54, 1.807) is 0 Å². The van der Waals surface area contributed by atoms with Crippen LogP contribution in [0.5, 0.6) is 0 Å². The average molecular weight is 619 g/mol. The van der Waals surface area contributed by atoms with Gasteiger partial charge in [-0.25, -0.2) is 0 Å². The fourth-order valence-electron chi connectivity index (χ4n) is 7.13. The van der Waals surface area contributed by atoms with Crippen molar-refractivity contribution >= 4 is 53.1 Å².